The van der Waals surface area contributed by atoms with Crippen molar-refractivity contribution < 1.29 is 14.3 Å². The van der Waals surface area contributed by atoms with Crippen LogP contribution in [0.3, 0.4) is 0 Å². The topological polar surface area (TPSA) is 72.8 Å². The lowest BCUT2D eigenvalue weighted by molar-refractivity contribution is 0.0954. The third-order valence-corrected chi connectivity index (χ3v) is 3.30. The highest BCUT2D eigenvalue weighted by atomic mass is 16.5. The molecular formula is C17H19N3O3. The van der Waals surface area contributed by atoms with Crippen LogP contribution >= 0.6 is 0 Å². The number of methoxy groups -OCH3 is 2. The van der Waals surface area contributed by atoms with Gasteiger partial charge in [-0.25, -0.2) is 5.43 Å². The van der Waals surface area contributed by atoms with Crippen molar-refractivity contribution in [2.45, 2.75) is 13.8 Å². The van der Waals surface area contributed by atoms with Gasteiger partial charge in [0, 0.05) is 23.5 Å². The smallest absolute Gasteiger partial charge is 0.272 e. The van der Waals surface area contributed by atoms with Gasteiger partial charge in [0.15, 0.2) is 0 Å². The molecule has 23 heavy (non-hydrogen) atoms. The summed E-state index contributed by atoms with van der Waals surface area (Å²) in [6.07, 6.45) is 1.52. The van der Waals surface area contributed by atoms with Crippen molar-refractivity contribution in [2.24, 2.45) is 5.10 Å². The first kappa shape index (κ1) is 16.5. The van der Waals surface area contributed by atoms with Crippen LogP contribution in [0.2, 0.25) is 0 Å². The molecule has 0 unspecified atom stereocenters. The van der Waals surface area contributed by atoms with E-state index in [1.54, 1.807) is 39.3 Å². The van der Waals surface area contributed by atoms with Gasteiger partial charge in [0.1, 0.15) is 11.5 Å². The van der Waals surface area contributed by atoms with E-state index in [-0.39, 0.29) is 5.91 Å². The van der Waals surface area contributed by atoms with Gasteiger partial charge in [0.05, 0.1) is 25.5 Å². The number of benzene rings is 1. The molecule has 1 aromatic heterocycles. The summed E-state index contributed by atoms with van der Waals surface area (Å²) < 4.78 is 10.5. The molecule has 0 saturated carbocycles. The Balaban J connectivity index is 2.16. The third kappa shape index (κ3) is 4.06. The van der Waals surface area contributed by atoms with Crippen molar-refractivity contribution >= 4 is 11.6 Å². The first-order chi connectivity index (χ1) is 11.0. The number of amides is 1. The Kier molecular flexibility index (Phi) is 5.30. The SMILES string of the molecule is COc1ccc(/C(C)=N/NC(=O)c2ccc(C)nc2)c(OC)c1. The largest absolute Gasteiger partial charge is 0.497 e. The van der Waals surface area contributed by atoms with Gasteiger partial charge in [-0.15, -0.1) is 0 Å². The monoisotopic (exact) mass is 313 g/mol. The second kappa shape index (κ2) is 7.40. The Bertz CT molecular complexity index is 724. The minimum Gasteiger partial charge on any atom is -0.497 e. The van der Waals surface area contributed by atoms with Crippen LogP contribution in [-0.2, 0) is 0 Å². The number of pyridine rings is 1. The van der Waals surface area contributed by atoms with Crippen LogP contribution in [0.25, 0.3) is 0 Å². The second-order valence-electron chi connectivity index (χ2n) is 4.89. The fourth-order valence-corrected chi connectivity index (χ4v) is 1.96. The summed E-state index contributed by atoms with van der Waals surface area (Å²) in [6, 6.07) is 8.88. The number of aryl methyl sites for hydroxylation is 1. The highest BCUT2D eigenvalue weighted by molar-refractivity contribution is 6.02. The van der Waals surface area contributed by atoms with E-state index in [4.69, 9.17) is 9.47 Å². The van der Waals surface area contributed by atoms with Crippen molar-refractivity contribution in [1.29, 1.82) is 0 Å². The Morgan fingerprint density at radius 1 is 1.17 bits per heavy atom. The summed E-state index contributed by atoms with van der Waals surface area (Å²) in [5.41, 5.74) is 5.22. The average Bonchev–Trinajstić information content (AvgIpc) is 2.59. The number of hydrogen-bond donors (Lipinski definition) is 1. The highest BCUT2D eigenvalue weighted by Gasteiger charge is 2.09. The first-order valence-corrected chi connectivity index (χ1v) is 7.05. The molecule has 0 aliphatic heterocycles. The molecule has 2 aromatic rings. The number of carbonyl (C=O) groups is 1. The molecule has 0 aliphatic carbocycles. The van der Waals surface area contributed by atoms with Crippen LogP contribution in [0.1, 0.15) is 28.5 Å². The summed E-state index contributed by atoms with van der Waals surface area (Å²) in [5, 5.41) is 4.13. The van der Waals surface area contributed by atoms with Crippen LogP contribution in [0.15, 0.2) is 41.6 Å². The first-order valence-electron chi connectivity index (χ1n) is 7.05. The molecule has 1 aromatic carbocycles. The number of nitrogens with zero attached hydrogens (tertiary/aromatic N) is 2. The molecule has 0 spiro atoms. The summed E-state index contributed by atoms with van der Waals surface area (Å²) in [5.74, 6) is 0.995. The summed E-state index contributed by atoms with van der Waals surface area (Å²) in [7, 11) is 3.16. The predicted molar refractivity (Wildman–Crippen MR) is 88.2 cm³/mol. The molecule has 0 atom stereocenters. The van der Waals surface area contributed by atoms with E-state index >= 15 is 0 Å². The molecule has 1 N–H and O–H groups in total. The number of carbonyl (C=O) groups excluding carboxylic acids is 1. The normalized spacial score (nSPS) is 11.0. The Hall–Kier alpha value is -2.89. The lowest BCUT2D eigenvalue weighted by Crippen LogP contribution is -2.19. The van der Waals surface area contributed by atoms with Gasteiger partial charge in [0.2, 0.25) is 0 Å². The Morgan fingerprint density at radius 2 is 1.96 bits per heavy atom. The number of nitrogens with one attached hydrogen (secondary N) is 1. The lowest BCUT2D eigenvalue weighted by Gasteiger charge is -2.10. The third-order valence-electron chi connectivity index (χ3n) is 3.30. The maximum absolute atomic E-state index is 12.0. The van der Waals surface area contributed by atoms with Crippen LogP contribution < -0.4 is 14.9 Å². The zero-order chi connectivity index (χ0) is 16.8. The van der Waals surface area contributed by atoms with Crippen molar-refractivity contribution in [3.8, 4) is 11.5 Å². The van der Waals surface area contributed by atoms with E-state index in [1.807, 2.05) is 19.1 Å². The van der Waals surface area contributed by atoms with Gasteiger partial charge in [-0.05, 0) is 38.1 Å². The van der Waals surface area contributed by atoms with Crippen molar-refractivity contribution in [1.82, 2.24) is 10.4 Å². The maximum Gasteiger partial charge on any atom is 0.272 e. The molecule has 6 heteroatoms. The molecule has 6 nitrogen and oxygen atoms in total. The minimum absolute atomic E-state index is 0.315. The quantitative estimate of drug-likeness (QED) is 0.680. The van der Waals surface area contributed by atoms with Crippen molar-refractivity contribution in [3.05, 3.63) is 53.3 Å². The summed E-state index contributed by atoms with van der Waals surface area (Å²) in [6.45, 7) is 3.65. The molecular weight excluding hydrogens is 294 g/mol. The molecule has 120 valence electrons. The fourth-order valence-electron chi connectivity index (χ4n) is 1.96. The zero-order valence-electron chi connectivity index (χ0n) is 13.6. The Labute approximate surface area is 135 Å². The molecule has 0 radical (unpaired) electrons. The Morgan fingerprint density at radius 3 is 2.57 bits per heavy atom. The fraction of sp³-hybridized carbons (Fsp3) is 0.235. The average molecular weight is 313 g/mol. The minimum atomic E-state index is -0.315. The van der Waals surface area contributed by atoms with Gasteiger partial charge in [-0.3, -0.25) is 9.78 Å². The van der Waals surface area contributed by atoms with Crippen molar-refractivity contribution in [2.75, 3.05) is 14.2 Å². The molecule has 0 fully saturated rings. The van der Waals surface area contributed by atoms with E-state index in [2.05, 4.69) is 15.5 Å². The standard InChI is InChI=1S/C17H19N3O3/c1-11-5-6-13(10-18-11)17(21)20-19-12(2)15-8-7-14(22-3)9-16(15)23-4/h5-10H,1-4H3,(H,20,21)/b19-12+. The molecule has 1 amide bonds. The van der Waals surface area contributed by atoms with E-state index in [0.29, 0.717) is 22.8 Å². The molecule has 0 aliphatic rings. The van der Waals surface area contributed by atoms with Crippen LogP contribution in [0.4, 0.5) is 0 Å². The second-order valence-corrected chi connectivity index (χ2v) is 4.89. The van der Waals surface area contributed by atoms with Gasteiger partial charge in [-0.2, -0.15) is 5.10 Å². The van der Waals surface area contributed by atoms with Gasteiger partial charge in [-0.1, -0.05) is 0 Å². The van der Waals surface area contributed by atoms with E-state index in [9.17, 15) is 4.79 Å². The molecule has 1 heterocycles. The van der Waals surface area contributed by atoms with Gasteiger partial charge >= 0.3 is 0 Å². The van der Waals surface area contributed by atoms with E-state index < -0.39 is 0 Å². The van der Waals surface area contributed by atoms with Gasteiger partial charge < -0.3 is 9.47 Å². The molecule has 2 rings (SSSR count). The van der Waals surface area contributed by atoms with Crippen LogP contribution in [-0.4, -0.2) is 30.8 Å². The summed E-state index contributed by atoms with van der Waals surface area (Å²) >= 11 is 0. The van der Waals surface area contributed by atoms with E-state index in [0.717, 1.165) is 11.3 Å². The number of ether oxygens (including phenoxy) is 2. The summed E-state index contributed by atoms with van der Waals surface area (Å²) in [4.78, 5) is 16.1. The molecule has 0 saturated heterocycles. The maximum atomic E-state index is 12.0. The number of hydrogen-bond acceptors (Lipinski definition) is 5. The number of rotatable bonds is 5. The highest BCUT2D eigenvalue weighted by Crippen LogP contribution is 2.25. The molecule has 0 bridgehead atoms. The van der Waals surface area contributed by atoms with Crippen molar-refractivity contribution in [3.63, 3.8) is 0 Å². The zero-order valence-corrected chi connectivity index (χ0v) is 13.6. The van der Waals surface area contributed by atoms with Crippen LogP contribution in [0.5, 0.6) is 11.5 Å². The van der Waals surface area contributed by atoms with Crippen LogP contribution in [0, 0.1) is 6.92 Å². The predicted octanol–water partition coefficient (Wildman–Crippen LogP) is 2.56. The lowest BCUT2D eigenvalue weighted by atomic mass is 10.1. The number of hydrazone groups is 1. The van der Waals surface area contributed by atoms with Gasteiger partial charge in [0.25, 0.3) is 5.91 Å². The number of aromatic nitrogens is 1. The van der Waals surface area contributed by atoms with E-state index in [1.165, 1.54) is 6.20 Å².